The minimum atomic E-state index is 0.224. The van der Waals surface area contributed by atoms with Crippen molar-refractivity contribution in [2.45, 2.75) is 43.2 Å². The van der Waals surface area contributed by atoms with E-state index in [1.165, 1.54) is 5.56 Å². The molecule has 1 aliphatic carbocycles. The Balaban J connectivity index is 2.05. The second-order valence-corrected chi connectivity index (χ2v) is 5.44. The predicted molar refractivity (Wildman–Crippen MR) is 79.3 cm³/mol. The molecule has 3 nitrogen and oxygen atoms in total. The van der Waals surface area contributed by atoms with Crippen LogP contribution < -0.4 is 9.47 Å². The van der Waals surface area contributed by atoms with Gasteiger partial charge in [-0.05, 0) is 37.0 Å². The molecule has 0 spiro atoms. The van der Waals surface area contributed by atoms with E-state index in [4.69, 9.17) is 14.2 Å². The van der Waals surface area contributed by atoms with Gasteiger partial charge in [-0.25, -0.2) is 0 Å². The summed E-state index contributed by atoms with van der Waals surface area (Å²) in [5, 5.41) is 0.818. The van der Waals surface area contributed by atoms with E-state index in [1.54, 1.807) is 14.2 Å². The van der Waals surface area contributed by atoms with Crippen LogP contribution in [0.4, 0.5) is 0 Å². The molecule has 0 bridgehead atoms. The van der Waals surface area contributed by atoms with E-state index in [2.05, 4.69) is 22.0 Å². The highest BCUT2D eigenvalue weighted by Crippen LogP contribution is 2.32. The van der Waals surface area contributed by atoms with Crippen LogP contribution in [0.1, 0.15) is 31.2 Å². The molecule has 0 saturated heterocycles. The first-order chi connectivity index (χ1) is 9.26. The Morgan fingerprint density at radius 1 is 1.16 bits per heavy atom. The molecular formula is C15H21BrO3. The SMILES string of the molecule is COc1cc(CBr)ccc1OC1CCCC(OC)C1. The molecule has 19 heavy (non-hydrogen) atoms. The van der Waals surface area contributed by atoms with E-state index in [0.717, 1.165) is 42.5 Å². The maximum absolute atomic E-state index is 6.09. The number of hydrogen-bond acceptors (Lipinski definition) is 3. The van der Waals surface area contributed by atoms with Crippen LogP contribution in [-0.4, -0.2) is 26.4 Å². The fraction of sp³-hybridized carbons (Fsp3) is 0.600. The van der Waals surface area contributed by atoms with Gasteiger partial charge in [0.2, 0.25) is 0 Å². The predicted octanol–water partition coefficient (Wildman–Crippen LogP) is 3.93. The summed E-state index contributed by atoms with van der Waals surface area (Å²) in [6, 6.07) is 6.07. The normalized spacial score (nSPS) is 23.1. The number of rotatable bonds is 5. The molecule has 0 heterocycles. The quantitative estimate of drug-likeness (QED) is 0.766. The number of halogens is 1. The van der Waals surface area contributed by atoms with E-state index in [1.807, 2.05) is 12.1 Å². The zero-order valence-corrected chi connectivity index (χ0v) is 13.1. The van der Waals surface area contributed by atoms with Gasteiger partial charge in [0.05, 0.1) is 13.2 Å². The highest BCUT2D eigenvalue weighted by molar-refractivity contribution is 9.08. The van der Waals surface area contributed by atoms with Crippen LogP contribution in [0, 0.1) is 0 Å². The lowest BCUT2D eigenvalue weighted by molar-refractivity contribution is 0.0201. The number of benzene rings is 1. The maximum atomic E-state index is 6.09. The molecule has 2 unspecified atom stereocenters. The minimum Gasteiger partial charge on any atom is -0.493 e. The average Bonchev–Trinajstić information content (AvgIpc) is 2.48. The number of methoxy groups -OCH3 is 2. The lowest BCUT2D eigenvalue weighted by Gasteiger charge is -2.29. The molecule has 106 valence electrons. The largest absolute Gasteiger partial charge is 0.493 e. The number of ether oxygens (including phenoxy) is 3. The summed E-state index contributed by atoms with van der Waals surface area (Å²) >= 11 is 3.45. The molecule has 1 saturated carbocycles. The lowest BCUT2D eigenvalue weighted by atomic mass is 9.95. The van der Waals surface area contributed by atoms with E-state index in [0.29, 0.717) is 6.10 Å². The van der Waals surface area contributed by atoms with E-state index in [-0.39, 0.29) is 6.10 Å². The Morgan fingerprint density at radius 2 is 1.95 bits per heavy atom. The fourth-order valence-electron chi connectivity index (χ4n) is 2.50. The van der Waals surface area contributed by atoms with Crippen LogP contribution in [0.5, 0.6) is 11.5 Å². The van der Waals surface area contributed by atoms with Crippen molar-refractivity contribution in [1.82, 2.24) is 0 Å². The Labute approximate surface area is 123 Å². The maximum Gasteiger partial charge on any atom is 0.161 e. The van der Waals surface area contributed by atoms with Crippen molar-refractivity contribution in [2.75, 3.05) is 14.2 Å². The summed E-state index contributed by atoms with van der Waals surface area (Å²) in [6.07, 6.45) is 4.89. The first-order valence-corrected chi connectivity index (χ1v) is 7.81. The number of alkyl halides is 1. The first-order valence-electron chi connectivity index (χ1n) is 6.69. The van der Waals surface area contributed by atoms with Gasteiger partial charge < -0.3 is 14.2 Å². The third kappa shape index (κ3) is 3.86. The van der Waals surface area contributed by atoms with Crippen molar-refractivity contribution in [3.05, 3.63) is 23.8 Å². The highest BCUT2D eigenvalue weighted by atomic mass is 79.9. The Kier molecular flexibility index (Phi) is 5.52. The summed E-state index contributed by atoms with van der Waals surface area (Å²) < 4.78 is 16.9. The van der Waals surface area contributed by atoms with Crippen molar-refractivity contribution in [3.8, 4) is 11.5 Å². The molecule has 0 aromatic heterocycles. The molecule has 0 aliphatic heterocycles. The molecule has 0 amide bonds. The van der Waals surface area contributed by atoms with Crippen molar-refractivity contribution < 1.29 is 14.2 Å². The van der Waals surface area contributed by atoms with Gasteiger partial charge >= 0.3 is 0 Å². The first kappa shape index (κ1) is 14.7. The van der Waals surface area contributed by atoms with Gasteiger partial charge in [0.15, 0.2) is 11.5 Å². The minimum absolute atomic E-state index is 0.224. The van der Waals surface area contributed by atoms with Gasteiger partial charge in [-0.3, -0.25) is 0 Å². The van der Waals surface area contributed by atoms with Crippen LogP contribution in [0.2, 0.25) is 0 Å². The second kappa shape index (κ2) is 7.15. The van der Waals surface area contributed by atoms with Gasteiger partial charge in [-0.1, -0.05) is 22.0 Å². The van der Waals surface area contributed by atoms with Crippen molar-refractivity contribution >= 4 is 15.9 Å². The summed E-state index contributed by atoms with van der Waals surface area (Å²) in [6.45, 7) is 0. The van der Waals surface area contributed by atoms with Crippen LogP contribution >= 0.6 is 15.9 Å². The molecule has 2 atom stereocenters. The Bertz CT molecular complexity index is 408. The Hall–Kier alpha value is -0.740. The van der Waals surface area contributed by atoms with E-state index in [9.17, 15) is 0 Å². The zero-order valence-electron chi connectivity index (χ0n) is 11.5. The summed E-state index contributed by atoms with van der Waals surface area (Å²) in [5.74, 6) is 1.63. The summed E-state index contributed by atoms with van der Waals surface area (Å²) in [4.78, 5) is 0. The summed E-state index contributed by atoms with van der Waals surface area (Å²) in [7, 11) is 3.46. The molecule has 1 aromatic rings. The molecule has 0 radical (unpaired) electrons. The van der Waals surface area contributed by atoms with Gasteiger partial charge in [0.1, 0.15) is 6.10 Å². The van der Waals surface area contributed by atoms with Crippen molar-refractivity contribution in [2.24, 2.45) is 0 Å². The molecular weight excluding hydrogens is 308 g/mol. The molecule has 4 heteroatoms. The average molecular weight is 329 g/mol. The summed E-state index contributed by atoms with van der Waals surface area (Å²) in [5.41, 5.74) is 1.18. The molecule has 1 aliphatic rings. The van der Waals surface area contributed by atoms with Crippen molar-refractivity contribution in [3.63, 3.8) is 0 Å². The number of hydrogen-bond donors (Lipinski definition) is 0. The zero-order chi connectivity index (χ0) is 13.7. The lowest BCUT2D eigenvalue weighted by Crippen LogP contribution is -2.29. The van der Waals surface area contributed by atoms with Gasteiger partial charge in [-0.2, -0.15) is 0 Å². The monoisotopic (exact) mass is 328 g/mol. The molecule has 1 aromatic carbocycles. The van der Waals surface area contributed by atoms with Crippen molar-refractivity contribution in [1.29, 1.82) is 0 Å². The topological polar surface area (TPSA) is 27.7 Å². The van der Waals surface area contributed by atoms with Gasteiger partial charge in [0, 0.05) is 18.9 Å². The van der Waals surface area contributed by atoms with Crippen LogP contribution in [0.15, 0.2) is 18.2 Å². The molecule has 0 N–H and O–H groups in total. The van der Waals surface area contributed by atoms with Crippen LogP contribution in [0.25, 0.3) is 0 Å². The third-order valence-electron chi connectivity index (χ3n) is 3.59. The van der Waals surface area contributed by atoms with E-state index >= 15 is 0 Å². The third-order valence-corrected chi connectivity index (χ3v) is 4.23. The smallest absolute Gasteiger partial charge is 0.161 e. The van der Waals surface area contributed by atoms with Crippen LogP contribution in [-0.2, 0) is 10.1 Å². The standard InChI is InChI=1S/C15H21BrO3/c1-17-12-4-3-5-13(9-12)19-14-7-6-11(10-16)8-15(14)18-2/h6-8,12-13H,3-5,9-10H2,1-2H3. The molecule has 1 fully saturated rings. The highest BCUT2D eigenvalue weighted by Gasteiger charge is 2.23. The van der Waals surface area contributed by atoms with Crippen LogP contribution in [0.3, 0.4) is 0 Å². The van der Waals surface area contributed by atoms with Gasteiger partial charge in [-0.15, -0.1) is 0 Å². The second-order valence-electron chi connectivity index (χ2n) is 4.88. The fourth-order valence-corrected chi connectivity index (χ4v) is 2.84. The van der Waals surface area contributed by atoms with E-state index < -0.39 is 0 Å². The molecule has 2 rings (SSSR count). The Morgan fingerprint density at radius 3 is 2.63 bits per heavy atom. The van der Waals surface area contributed by atoms with Gasteiger partial charge in [0.25, 0.3) is 0 Å².